The average Bonchev–Trinajstić information content (AvgIpc) is 2.08. The van der Waals surface area contributed by atoms with Crippen molar-refractivity contribution in [3.63, 3.8) is 0 Å². The Balaban J connectivity index is 0.000000561. The first-order chi connectivity index (χ1) is 5.79. The third-order valence-corrected chi connectivity index (χ3v) is 0.883. The summed E-state index contributed by atoms with van der Waals surface area (Å²) >= 11 is 3.92. The zero-order valence-corrected chi connectivity index (χ0v) is 11.3. The second-order valence-electron chi connectivity index (χ2n) is 2.21. The molecule has 12 heavy (non-hydrogen) atoms. The zero-order valence-electron chi connectivity index (χ0n) is 6.93. The fraction of sp³-hybridized carbons (Fsp3) is 0.429. The number of nitrogens with zero attached hydrogens (tertiary/aromatic N) is 3. The standard InChI is InChI=1S/C7H9N3.V.W/c1-6(2)10-7-5-8-3-4-9-7;;/h3-4,6H,1-2H3;;/q-2;;. The van der Waals surface area contributed by atoms with Crippen LogP contribution in [0.1, 0.15) is 13.8 Å². The molecule has 0 spiro atoms. The first kappa shape index (κ1) is 12.2. The Labute approximate surface area is 90.2 Å². The summed E-state index contributed by atoms with van der Waals surface area (Å²) in [5.74, 6) is 0.581. The Bertz CT molecular complexity index is 205. The first-order valence-corrected chi connectivity index (χ1v) is 9.35. The van der Waals surface area contributed by atoms with E-state index in [1.807, 2.05) is 13.8 Å². The molecule has 0 atom stereocenters. The van der Waals surface area contributed by atoms with Gasteiger partial charge in [0.1, 0.15) is 0 Å². The number of hydrogen-bond acceptors (Lipinski definition) is 2. The van der Waals surface area contributed by atoms with Crippen molar-refractivity contribution in [3.05, 3.63) is 23.9 Å². The monoisotopic (exact) mass is 370 g/mol. The summed E-state index contributed by atoms with van der Waals surface area (Å²) in [7, 11) is 0. The van der Waals surface area contributed by atoms with Gasteiger partial charge in [-0.2, -0.15) is 6.20 Å². The number of aromatic nitrogens is 2. The van der Waals surface area contributed by atoms with E-state index in [2.05, 4.69) is 35.6 Å². The van der Waals surface area contributed by atoms with Crippen molar-refractivity contribution in [2.24, 2.45) is 0 Å². The van der Waals surface area contributed by atoms with E-state index in [0.29, 0.717) is 5.82 Å². The maximum absolute atomic E-state index is 4.13. The molecule has 65 valence electrons. The van der Waals surface area contributed by atoms with Gasteiger partial charge in [0.05, 0.1) is 0 Å². The van der Waals surface area contributed by atoms with Crippen LogP contribution in [0.5, 0.6) is 0 Å². The Kier molecular flexibility index (Phi) is 7.88. The molecule has 0 aliphatic rings. The Morgan fingerprint density at radius 1 is 1.50 bits per heavy atom. The average molecular weight is 370 g/mol. The molecule has 5 heteroatoms. The summed E-state index contributed by atoms with van der Waals surface area (Å²) in [6, 6.07) is 0.257. The van der Waals surface area contributed by atoms with Crippen molar-refractivity contribution >= 4 is 5.82 Å². The third-order valence-electron chi connectivity index (χ3n) is 0.883. The number of rotatable bonds is 2. The van der Waals surface area contributed by atoms with Crippen LogP contribution in [0.3, 0.4) is 0 Å². The van der Waals surface area contributed by atoms with E-state index in [-0.39, 0.29) is 6.04 Å². The zero-order chi connectivity index (χ0) is 9.40. The minimum atomic E-state index is 0.257. The molecule has 0 unspecified atom stereocenters. The van der Waals surface area contributed by atoms with E-state index in [9.17, 15) is 0 Å². The fourth-order valence-electron chi connectivity index (χ4n) is 0.568. The van der Waals surface area contributed by atoms with Crippen LogP contribution in [-0.2, 0) is 30.9 Å². The van der Waals surface area contributed by atoms with Gasteiger partial charge in [-0.05, 0) is 6.04 Å². The Morgan fingerprint density at radius 3 is 2.58 bits per heavy atom. The van der Waals surface area contributed by atoms with Gasteiger partial charge in [-0.15, -0.1) is 18.2 Å². The van der Waals surface area contributed by atoms with Crippen LogP contribution in [0.2, 0.25) is 0 Å². The van der Waals surface area contributed by atoms with Gasteiger partial charge in [-0.25, -0.2) is 0 Å². The van der Waals surface area contributed by atoms with Crippen LogP contribution >= 0.6 is 0 Å². The van der Waals surface area contributed by atoms with E-state index in [1.54, 1.807) is 12.4 Å². The van der Waals surface area contributed by atoms with E-state index in [0.717, 1.165) is 0 Å². The van der Waals surface area contributed by atoms with Crippen molar-refractivity contribution in [2.45, 2.75) is 19.9 Å². The van der Waals surface area contributed by atoms with Crippen LogP contribution < -0.4 is 0 Å². The molecule has 0 fully saturated rings. The second-order valence-corrected chi connectivity index (χ2v) is 2.21. The fourth-order valence-corrected chi connectivity index (χ4v) is 0.568. The van der Waals surface area contributed by atoms with Crippen LogP contribution in [0, 0.1) is 6.20 Å². The van der Waals surface area contributed by atoms with Crippen molar-refractivity contribution in [3.8, 4) is 0 Å². The summed E-state index contributed by atoms with van der Waals surface area (Å²) in [5.41, 5.74) is 0. The molecule has 0 aliphatic heterocycles. The van der Waals surface area contributed by atoms with Gasteiger partial charge in [0, 0.05) is 0 Å². The molecule has 0 saturated carbocycles. The molecule has 0 aromatic carbocycles. The predicted octanol–water partition coefficient (Wildman–Crippen LogP) is 1.69. The van der Waals surface area contributed by atoms with Gasteiger partial charge in [-0.3, -0.25) is 0 Å². The quantitative estimate of drug-likeness (QED) is 0.744. The van der Waals surface area contributed by atoms with Crippen molar-refractivity contribution in [1.29, 1.82) is 0 Å². The van der Waals surface area contributed by atoms with Crippen LogP contribution in [0.4, 0.5) is 5.82 Å². The summed E-state index contributed by atoms with van der Waals surface area (Å²) in [4.78, 5) is 7.69. The summed E-state index contributed by atoms with van der Waals surface area (Å²) in [5, 5.41) is 4.13. The SMILES string of the molecule is CC(C)[N-]c1[c-]nccn1.[V]=[W]. The molecule has 1 aromatic heterocycles. The number of hydrogen-bond donors (Lipinski definition) is 0. The van der Waals surface area contributed by atoms with E-state index >= 15 is 0 Å². The van der Waals surface area contributed by atoms with E-state index in [1.165, 1.54) is 16.8 Å². The van der Waals surface area contributed by atoms with Gasteiger partial charge in [0.25, 0.3) is 0 Å². The third kappa shape index (κ3) is 5.76. The van der Waals surface area contributed by atoms with Gasteiger partial charge in [0.2, 0.25) is 0 Å². The minimum absolute atomic E-state index is 0.257. The predicted molar refractivity (Wildman–Crippen MR) is 39.0 cm³/mol. The van der Waals surface area contributed by atoms with Gasteiger partial charge < -0.3 is 15.3 Å². The van der Waals surface area contributed by atoms with E-state index in [4.69, 9.17) is 0 Å². The normalized spacial score (nSPS) is 8.50. The van der Waals surface area contributed by atoms with Crippen molar-refractivity contribution in [2.75, 3.05) is 0 Å². The van der Waals surface area contributed by atoms with Gasteiger partial charge >= 0.3 is 30.9 Å². The molecule has 0 amide bonds. The van der Waals surface area contributed by atoms with Gasteiger partial charge in [0.15, 0.2) is 0 Å². The topological polar surface area (TPSA) is 39.9 Å². The van der Waals surface area contributed by atoms with Crippen molar-refractivity contribution in [1.82, 2.24) is 9.97 Å². The Hall–Kier alpha value is 0.153. The molecule has 0 bridgehead atoms. The maximum atomic E-state index is 4.13. The molecule has 0 aliphatic carbocycles. The van der Waals surface area contributed by atoms with E-state index < -0.39 is 0 Å². The van der Waals surface area contributed by atoms with Crippen LogP contribution in [0.25, 0.3) is 5.32 Å². The van der Waals surface area contributed by atoms with Gasteiger partial charge in [-0.1, -0.05) is 13.8 Å². The summed E-state index contributed by atoms with van der Waals surface area (Å²) in [6.45, 7) is 3.98. The second kappa shape index (κ2) is 7.78. The summed E-state index contributed by atoms with van der Waals surface area (Å²) < 4.78 is 0. The molecule has 1 rings (SSSR count). The molecule has 0 saturated heterocycles. The van der Waals surface area contributed by atoms with Crippen LogP contribution in [0.15, 0.2) is 12.4 Å². The first-order valence-electron chi connectivity index (χ1n) is 3.37. The molecule has 1 heterocycles. The van der Waals surface area contributed by atoms with Crippen molar-refractivity contribution < 1.29 is 30.9 Å². The summed E-state index contributed by atoms with van der Waals surface area (Å²) in [6.07, 6.45) is 5.86. The molecule has 1 aromatic rings. The molecule has 0 radical (unpaired) electrons. The molecular weight excluding hydrogens is 361 g/mol. The van der Waals surface area contributed by atoms with Crippen LogP contribution in [-0.4, -0.2) is 16.0 Å². The molecule has 0 N–H and O–H groups in total. The Morgan fingerprint density at radius 2 is 2.17 bits per heavy atom. The molecule has 3 nitrogen and oxygen atoms in total. The molecular formula is C7H9N3VW-2.